The predicted molar refractivity (Wildman–Crippen MR) is 58.9 cm³/mol. The molecule has 0 amide bonds. The molecular weight excluding hydrogens is 232 g/mol. The molecule has 1 aromatic heterocycles. The number of carboxylic acid groups (broad SMARTS) is 1. The number of para-hydroxylation sites is 1. The average Bonchev–Trinajstić information content (AvgIpc) is 2.54. The van der Waals surface area contributed by atoms with Crippen LogP contribution >= 0.6 is 11.6 Å². The molecule has 0 aliphatic heterocycles. The Morgan fingerprint density at radius 2 is 2.38 bits per heavy atom. The number of nitrogens with zero attached hydrogens (tertiary/aromatic N) is 2. The molecule has 1 heterocycles. The fourth-order valence-corrected chi connectivity index (χ4v) is 1.80. The Kier molecular flexibility index (Phi) is 2.70. The molecule has 0 fully saturated rings. The number of aliphatic carboxylic acids is 1. The quantitative estimate of drug-likeness (QED) is 0.888. The fraction of sp³-hybridized carbons (Fsp3) is 0.200. The van der Waals surface area contributed by atoms with Crippen molar-refractivity contribution in [2.75, 3.05) is 7.11 Å². The number of fused-ring (bicyclic) bond motifs is 1. The number of rotatable bonds is 3. The number of imidazole rings is 1. The summed E-state index contributed by atoms with van der Waals surface area (Å²) in [6.45, 7) is -0.240. The second kappa shape index (κ2) is 4.02. The van der Waals surface area contributed by atoms with E-state index in [9.17, 15) is 4.79 Å². The van der Waals surface area contributed by atoms with E-state index >= 15 is 0 Å². The maximum absolute atomic E-state index is 10.7. The number of halogens is 1. The van der Waals surface area contributed by atoms with E-state index in [2.05, 4.69) is 4.98 Å². The Labute approximate surface area is 96.2 Å². The lowest BCUT2D eigenvalue weighted by atomic mass is 10.3. The smallest absolute Gasteiger partial charge is 0.323 e. The SMILES string of the molecule is COc1cccc2nc(Cl)n(CC(=O)O)c12. The summed E-state index contributed by atoms with van der Waals surface area (Å²) in [7, 11) is 1.51. The summed E-state index contributed by atoms with van der Waals surface area (Å²) in [5.41, 5.74) is 1.21. The minimum Gasteiger partial charge on any atom is -0.494 e. The van der Waals surface area contributed by atoms with Crippen LogP contribution < -0.4 is 4.74 Å². The zero-order valence-electron chi connectivity index (χ0n) is 8.48. The van der Waals surface area contributed by atoms with Gasteiger partial charge in [-0.2, -0.15) is 0 Å². The van der Waals surface area contributed by atoms with Crippen LogP contribution in [0.15, 0.2) is 18.2 Å². The molecule has 16 heavy (non-hydrogen) atoms. The highest BCUT2D eigenvalue weighted by Crippen LogP contribution is 2.28. The number of carbonyl (C=O) groups is 1. The van der Waals surface area contributed by atoms with Crippen molar-refractivity contribution in [3.63, 3.8) is 0 Å². The molecule has 5 nitrogen and oxygen atoms in total. The Hall–Kier alpha value is -1.75. The van der Waals surface area contributed by atoms with Gasteiger partial charge in [0.2, 0.25) is 5.28 Å². The Morgan fingerprint density at radius 1 is 1.62 bits per heavy atom. The third-order valence-electron chi connectivity index (χ3n) is 2.20. The summed E-state index contributed by atoms with van der Waals surface area (Å²) in [4.78, 5) is 14.8. The van der Waals surface area contributed by atoms with Gasteiger partial charge in [-0.1, -0.05) is 6.07 Å². The number of hydrogen-bond donors (Lipinski definition) is 1. The number of methoxy groups -OCH3 is 1. The lowest BCUT2D eigenvalue weighted by Gasteiger charge is -2.05. The highest BCUT2D eigenvalue weighted by Gasteiger charge is 2.14. The van der Waals surface area contributed by atoms with Gasteiger partial charge in [0.1, 0.15) is 17.8 Å². The lowest BCUT2D eigenvalue weighted by Crippen LogP contribution is -2.09. The molecule has 0 aliphatic carbocycles. The summed E-state index contributed by atoms with van der Waals surface area (Å²) in [6, 6.07) is 5.26. The summed E-state index contributed by atoms with van der Waals surface area (Å²) >= 11 is 5.87. The van der Waals surface area contributed by atoms with Crippen molar-refractivity contribution in [3.8, 4) is 5.75 Å². The van der Waals surface area contributed by atoms with E-state index < -0.39 is 5.97 Å². The first-order valence-corrected chi connectivity index (χ1v) is 4.92. The summed E-state index contributed by atoms with van der Waals surface area (Å²) in [5.74, 6) is -0.426. The van der Waals surface area contributed by atoms with Gasteiger partial charge in [0.25, 0.3) is 0 Å². The van der Waals surface area contributed by atoms with E-state index in [1.54, 1.807) is 18.2 Å². The average molecular weight is 241 g/mol. The molecule has 0 unspecified atom stereocenters. The van der Waals surface area contributed by atoms with Crippen molar-refractivity contribution < 1.29 is 14.6 Å². The van der Waals surface area contributed by atoms with E-state index in [4.69, 9.17) is 21.4 Å². The van der Waals surface area contributed by atoms with E-state index in [-0.39, 0.29) is 11.8 Å². The van der Waals surface area contributed by atoms with Gasteiger partial charge in [-0.25, -0.2) is 4.98 Å². The first-order valence-electron chi connectivity index (χ1n) is 4.54. The molecule has 1 aromatic carbocycles. The van der Waals surface area contributed by atoms with Crippen LogP contribution in [0.25, 0.3) is 11.0 Å². The van der Waals surface area contributed by atoms with Crippen molar-refractivity contribution in [1.82, 2.24) is 9.55 Å². The first kappa shape index (κ1) is 10.8. The first-order chi connectivity index (χ1) is 7.63. The normalized spacial score (nSPS) is 10.6. The number of hydrogen-bond acceptors (Lipinski definition) is 3. The topological polar surface area (TPSA) is 64.4 Å². The Bertz CT molecular complexity index is 550. The summed E-state index contributed by atoms with van der Waals surface area (Å²) in [6.07, 6.45) is 0. The van der Waals surface area contributed by atoms with E-state index in [1.165, 1.54) is 11.7 Å². The van der Waals surface area contributed by atoms with Crippen LogP contribution in [-0.2, 0) is 11.3 Å². The Balaban J connectivity index is 2.70. The lowest BCUT2D eigenvalue weighted by molar-refractivity contribution is -0.137. The number of aromatic nitrogens is 2. The van der Waals surface area contributed by atoms with Crippen molar-refractivity contribution in [2.45, 2.75) is 6.54 Å². The van der Waals surface area contributed by atoms with Crippen LogP contribution in [0.1, 0.15) is 0 Å². The largest absolute Gasteiger partial charge is 0.494 e. The third kappa shape index (κ3) is 1.69. The molecule has 6 heteroatoms. The van der Waals surface area contributed by atoms with Gasteiger partial charge in [-0.05, 0) is 23.7 Å². The van der Waals surface area contributed by atoms with E-state index in [0.717, 1.165) is 0 Å². The van der Waals surface area contributed by atoms with Crippen LogP contribution in [0.4, 0.5) is 0 Å². The highest BCUT2D eigenvalue weighted by atomic mass is 35.5. The van der Waals surface area contributed by atoms with Crippen molar-refractivity contribution in [1.29, 1.82) is 0 Å². The van der Waals surface area contributed by atoms with Crippen LogP contribution in [0, 0.1) is 0 Å². The predicted octanol–water partition coefficient (Wildman–Crippen LogP) is 1.78. The van der Waals surface area contributed by atoms with Crippen molar-refractivity contribution >= 4 is 28.6 Å². The molecule has 0 bridgehead atoms. The van der Waals surface area contributed by atoms with Crippen LogP contribution in [0.2, 0.25) is 5.28 Å². The number of benzene rings is 1. The standard InChI is InChI=1S/C10H9ClN2O3/c1-16-7-4-2-3-6-9(7)13(5-8(14)15)10(11)12-6/h2-4H,5H2,1H3,(H,14,15). The van der Waals surface area contributed by atoms with Crippen LogP contribution in [0.3, 0.4) is 0 Å². The molecule has 2 aromatic rings. The summed E-state index contributed by atoms with van der Waals surface area (Å²) in [5, 5.41) is 8.93. The summed E-state index contributed by atoms with van der Waals surface area (Å²) < 4.78 is 6.55. The number of carboxylic acids is 1. The second-order valence-corrected chi connectivity index (χ2v) is 3.53. The van der Waals surface area contributed by atoms with Crippen LogP contribution in [0.5, 0.6) is 5.75 Å². The molecule has 84 valence electrons. The zero-order chi connectivity index (χ0) is 11.7. The van der Waals surface area contributed by atoms with E-state index in [1.807, 2.05) is 0 Å². The van der Waals surface area contributed by atoms with Gasteiger partial charge in [-0.3, -0.25) is 4.79 Å². The fourth-order valence-electron chi connectivity index (χ4n) is 1.57. The molecule has 2 rings (SSSR count). The van der Waals surface area contributed by atoms with Gasteiger partial charge >= 0.3 is 5.97 Å². The minimum absolute atomic E-state index is 0.141. The van der Waals surface area contributed by atoms with Crippen LogP contribution in [-0.4, -0.2) is 27.7 Å². The maximum Gasteiger partial charge on any atom is 0.323 e. The second-order valence-electron chi connectivity index (χ2n) is 3.19. The van der Waals surface area contributed by atoms with E-state index in [0.29, 0.717) is 16.8 Å². The minimum atomic E-state index is -0.980. The van der Waals surface area contributed by atoms with Gasteiger partial charge < -0.3 is 14.4 Å². The molecule has 0 atom stereocenters. The third-order valence-corrected chi connectivity index (χ3v) is 2.48. The molecular formula is C10H9ClN2O3. The Morgan fingerprint density at radius 3 is 3.00 bits per heavy atom. The van der Waals surface area contributed by atoms with Gasteiger partial charge in [0.05, 0.1) is 12.6 Å². The maximum atomic E-state index is 10.7. The van der Waals surface area contributed by atoms with Gasteiger partial charge in [0, 0.05) is 0 Å². The van der Waals surface area contributed by atoms with Crippen molar-refractivity contribution in [2.24, 2.45) is 0 Å². The molecule has 0 aliphatic rings. The monoisotopic (exact) mass is 240 g/mol. The molecule has 0 saturated carbocycles. The molecule has 1 N–H and O–H groups in total. The molecule has 0 spiro atoms. The molecule has 0 saturated heterocycles. The molecule has 0 radical (unpaired) electrons. The van der Waals surface area contributed by atoms with Gasteiger partial charge in [0.15, 0.2) is 0 Å². The van der Waals surface area contributed by atoms with Crippen molar-refractivity contribution in [3.05, 3.63) is 23.5 Å². The highest BCUT2D eigenvalue weighted by molar-refractivity contribution is 6.29. The zero-order valence-corrected chi connectivity index (χ0v) is 9.23. The number of ether oxygens (including phenoxy) is 1. The van der Waals surface area contributed by atoms with Gasteiger partial charge in [-0.15, -0.1) is 0 Å².